The average Bonchev–Trinajstić information content (AvgIpc) is 3.01. The summed E-state index contributed by atoms with van der Waals surface area (Å²) in [6.45, 7) is 4.04. The number of hydrogen-bond donors (Lipinski definition) is 0. The summed E-state index contributed by atoms with van der Waals surface area (Å²) in [4.78, 5) is 8.88. The fourth-order valence-electron chi connectivity index (χ4n) is 2.22. The highest BCUT2D eigenvalue weighted by atomic mass is 15.3. The summed E-state index contributed by atoms with van der Waals surface area (Å²) in [5.74, 6) is 0.793. The first-order chi connectivity index (χ1) is 9.78. The van der Waals surface area contributed by atoms with Gasteiger partial charge in [-0.05, 0) is 37.1 Å². The van der Waals surface area contributed by atoms with Crippen LogP contribution in [-0.2, 0) is 6.42 Å². The summed E-state index contributed by atoms with van der Waals surface area (Å²) in [7, 11) is 0. The lowest BCUT2D eigenvalue weighted by atomic mass is 10.0. The molecule has 2 aromatic heterocycles. The zero-order chi connectivity index (χ0) is 13.9. The van der Waals surface area contributed by atoms with Crippen molar-refractivity contribution >= 4 is 0 Å². The molecule has 3 aromatic rings. The van der Waals surface area contributed by atoms with E-state index in [4.69, 9.17) is 0 Å². The molecule has 4 heteroatoms. The van der Waals surface area contributed by atoms with Gasteiger partial charge in [0.15, 0.2) is 0 Å². The highest BCUT2D eigenvalue weighted by Crippen LogP contribution is 2.23. The molecule has 1 aromatic carbocycles. The Bertz CT molecular complexity index is 717. The molecular weight excluding hydrogens is 248 g/mol. The number of aryl methyl sites for hydroxylation is 2. The molecule has 4 nitrogen and oxygen atoms in total. The molecule has 0 aliphatic rings. The third-order valence-electron chi connectivity index (χ3n) is 3.25. The van der Waals surface area contributed by atoms with Crippen LogP contribution in [0.25, 0.3) is 16.9 Å². The van der Waals surface area contributed by atoms with E-state index in [9.17, 15) is 0 Å². The van der Waals surface area contributed by atoms with Crippen molar-refractivity contribution in [2.45, 2.75) is 20.3 Å². The Kier molecular flexibility index (Phi) is 3.29. The van der Waals surface area contributed by atoms with Crippen molar-refractivity contribution in [3.63, 3.8) is 0 Å². The van der Waals surface area contributed by atoms with Crippen molar-refractivity contribution in [3.8, 4) is 16.9 Å². The molecule has 0 aliphatic heterocycles. The minimum atomic E-state index is 0.793. The van der Waals surface area contributed by atoms with Crippen LogP contribution < -0.4 is 0 Å². The van der Waals surface area contributed by atoms with E-state index in [2.05, 4.69) is 34.1 Å². The van der Waals surface area contributed by atoms with E-state index in [-0.39, 0.29) is 0 Å². The van der Waals surface area contributed by atoms with Gasteiger partial charge in [0, 0.05) is 24.2 Å². The van der Waals surface area contributed by atoms with Gasteiger partial charge in [-0.2, -0.15) is 5.10 Å². The quantitative estimate of drug-likeness (QED) is 0.729. The molecule has 0 saturated heterocycles. The van der Waals surface area contributed by atoms with Gasteiger partial charge in [0.1, 0.15) is 5.82 Å². The van der Waals surface area contributed by atoms with Crippen LogP contribution in [0.3, 0.4) is 0 Å². The Morgan fingerprint density at radius 3 is 2.85 bits per heavy atom. The standard InChI is InChI=1S/C16H16N4/c1-3-13-11-17-12(2)19-16(13)14-6-4-7-15(10-14)20-9-5-8-18-20/h4-11H,3H2,1-2H3. The van der Waals surface area contributed by atoms with E-state index in [1.165, 1.54) is 0 Å². The molecule has 0 bridgehead atoms. The van der Waals surface area contributed by atoms with Crippen LogP contribution in [0, 0.1) is 6.92 Å². The Labute approximate surface area is 118 Å². The van der Waals surface area contributed by atoms with Crippen LogP contribution in [0.15, 0.2) is 48.9 Å². The molecule has 0 amide bonds. The maximum Gasteiger partial charge on any atom is 0.125 e. The van der Waals surface area contributed by atoms with Gasteiger partial charge in [-0.25, -0.2) is 14.6 Å². The third-order valence-corrected chi connectivity index (χ3v) is 3.25. The minimum Gasteiger partial charge on any atom is -0.241 e. The topological polar surface area (TPSA) is 43.6 Å². The molecule has 0 fully saturated rings. The van der Waals surface area contributed by atoms with Crippen LogP contribution >= 0.6 is 0 Å². The summed E-state index contributed by atoms with van der Waals surface area (Å²) in [5.41, 5.74) is 4.30. The molecule has 3 rings (SSSR count). The lowest BCUT2D eigenvalue weighted by molar-refractivity contribution is 0.880. The maximum atomic E-state index is 4.60. The molecule has 2 heterocycles. The zero-order valence-corrected chi connectivity index (χ0v) is 11.6. The van der Waals surface area contributed by atoms with E-state index in [1.807, 2.05) is 42.2 Å². The summed E-state index contributed by atoms with van der Waals surface area (Å²) in [6.07, 6.45) is 6.55. The Morgan fingerprint density at radius 1 is 1.20 bits per heavy atom. The second-order valence-electron chi connectivity index (χ2n) is 4.65. The highest BCUT2D eigenvalue weighted by Gasteiger charge is 2.08. The predicted molar refractivity (Wildman–Crippen MR) is 78.7 cm³/mol. The molecular formula is C16H16N4. The van der Waals surface area contributed by atoms with Crippen molar-refractivity contribution in [1.82, 2.24) is 19.7 Å². The molecule has 20 heavy (non-hydrogen) atoms. The van der Waals surface area contributed by atoms with Crippen molar-refractivity contribution in [2.75, 3.05) is 0 Å². The van der Waals surface area contributed by atoms with Crippen LogP contribution in [0.5, 0.6) is 0 Å². The lowest BCUT2D eigenvalue weighted by Gasteiger charge is -2.09. The Balaban J connectivity index is 2.11. The number of nitrogens with zero attached hydrogens (tertiary/aromatic N) is 4. The van der Waals surface area contributed by atoms with Gasteiger partial charge in [-0.3, -0.25) is 0 Å². The number of aromatic nitrogens is 4. The van der Waals surface area contributed by atoms with Gasteiger partial charge >= 0.3 is 0 Å². The molecule has 0 atom stereocenters. The fraction of sp³-hybridized carbons (Fsp3) is 0.188. The van der Waals surface area contributed by atoms with Crippen molar-refractivity contribution in [2.24, 2.45) is 0 Å². The number of benzene rings is 1. The zero-order valence-electron chi connectivity index (χ0n) is 11.6. The number of hydrogen-bond acceptors (Lipinski definition) is 3. The highest BCUT2D eigenvalue weighted by molar-refractivity contribution is 5.65. The van der Waals surface area contributed by atoms with Gasteiger partial charge in [-0.15, -0.1) is 0 Å². The summed E-state index contributed by atoms with van der Waals surface area (Å²) >= 11 is 0. The van der Waals surface area contributed by atoms with Gasteiger partial charge < -0.3 is 0 Å². The number of rotatable bonds is 3. The molecule has 100 valence electrons. The summed E-state index contributed by atoms with van der Waals surface area (Å²) in [6, 6.07) is 10.2. The summed E-state index contributed by atoms with van der Waals surface area (Å²) < 4.78 is 1.85. The molecule has 0 N–H and O–H groups in total. The van der Waals surface area contributed by atoms with Crippen LogP contribution in [0.1, 0.15) is 18.3 Å². The second-order valence-corrected chi connectivity index (χ2v) is 4.65. The third kappa shape index (κ3) is 2.32. The van der Waals surface area contributed by atoms with Gasteiger partial charge in [-0.1, -0.05) is 19.1 Å². The monoisotopic (exact) mass is 264 g/mol. The van der Waals surface area contributed by atoms with Gasteiger partial charge in [0.2, 0.25) is 0 Å². The van der Waals surface area contributed by atoms with Crippen molar-refractivity contribution in [1.29, 1.82) is 0 Å². The minimum absolute atomic E-state index is 0.793. The molecule has 0 saturated carbocycles. The van der Waals surface area contributed by atoms with Crippen LogP contribution in [-0.4, -0.2) is 19.7 Å². The second kappa shape index (κ2) is 5.25. The first-order valence-corrected chi connectivity index (χ1v) is 6.71. The molecule has 0 aliphatic carbocycles. The molecule has 0 spiro atoms. The smallest absolute Gasteiger partial charge is 0.125 e. The van der Waals surface area contributed by atoms with Crippen LogP contribution in [0.2, 0.25) is 0 Å². The van der Waals surface area contributed by atoms with Gasteiger partial charge in [0.25, 0.3) is 0 Å². The van der Waals surface area contributed by atoms with Crippen molar-refractivity contribution in [3.05, 3.63) is 60.3 Å². The van der Waals surface area contributed by atoms with E-state index in [1.54, 1.807) is 6.20 Å². The molecule has 0 unspecified atom stereocenters. The lowest BCUT2D eigenvalue weighted by Crippen LogP contribution is -1.99. The van der Waals surface area contributed by atoms with E-state index >= 15 is 0 Å². The van der Waals surface area contributed by atoms with Crippen LogP contribution in [0.4, 0.5) is 0 Å². The molecule has 0 radical (unpaired) electrons. The van der Waals surface area contributed by atoms with Gasteiger partial charge in [0.05, 0.1) is 11.4 Å². The van der Waals surface area contributed by atoms with Crippen molar-refractivity contribution < 1.29 is 0 Å². The predicted octanol–water partition coefficient (Wildman–Crippen LogP) is 3.20. The Morgan fingerprint density at radius 2 is 2.10 bits per heavy atom. The average molecular weight is 264 g/mol. The SMILES string of the molecule is CCc1cnc(C)nc1-c1cccc(-n2cccn2)c1. The Hall–Kier alpha value is -2.49. The maximum absolute atomic E-state index is 4.60. The summed E-state index contributed by atoms with van der Waals surface area (Å²) in [5, 5.41) is 4.27. The first kappa shape index (κ1) is 12.5. The van der Waals surface area contributed by atoms with E-state index < -0.39 is 0 Å². The normalized spacial score (nSPS) is 10.7. The fourth-order valence-corrected chi connectivity index (χ4v) is 2.22. The van der Waals surface area contributed by atoms with E-state index in [0.717, 1.165) is 34.8 Å². The largest absolute Gasteiger partial charge is 0.241 e. The first-order valence-electron chi connectivity index (χ1n) is 6.71. The van der Waals surface area contributed by atoms with E-state index in [0.29, 0.717) is 0 Å².